The van der Waals surface area contributed by atoms with E-state index in [-0.39, 0.29) is 19.0 Å². The fourth-order valence-corrected chi connectivity index (χ4v) is 4.36. The number of hydrogen-bond donors (Lipinski definition) is 1. The molecule has 0 bridgehead atoms. The number of carbonyl (C=O) groups is 2. The molecule has 1 atom stereocenters. The van der Waals surface area contributed by atoms with Crippen molar-refractivity contribution in [2.75, 3.05) is 31.6 Å². The third-order valence-corrected chi connectivity index (χ3v) is 6.20. The SMILES string of the molecule is CC(=O)NC[C@H]1CN(c2ccc(-c3ccc(-c4cc5n(n4)CCN(C)C5)cc3)c(F)c2)C(=O)O1. The summed E-state index contributed by atoms with van der Waals surface area (Å²) < 4.78 is 22.3. The van der Waals surface area contributed by atoms with E-state index in [2.05, 4.69) is 23.3 Å². The van der Waals surface area contributed by atoms with Crippen LogP contribution in [-0.4, -0.2) is 59.5 Å². The number of nitrogens with one attached hydrogen (secondary N) is 1. The smallest absolute Gasteiger partial charge is 0.414 e. The van der Waals surface area contributed by atoms with Gasteiger partial charge in [0.05, 0.1) is 36.7 Å². The van der Waals surface area contributed by atoms with Crippen LogP contribution in [-0.2, 0) is 22.6 Å². The van der Waals surface area contributed by atoms with Crippen molar-refractivity contribution in [3.05, 3.63) is 60.0 Å². The van der Waals surface area contributed by atoms with Gasteiger partial charge in [-0.2, -0.15) is 5.10 Å². The van der Waals surface area contributed by atoms with Crippen LogP contribution in [0.5, 0.6) is 0 Å². The number of ether oxygens (including phenoxy) is 1. The Morgan fingerprint density at radius 3 is 2.65 bits per heavy atom. The molecule has 0 unspecified atom stereocenters. The molecule has 3 heterocycles. The predicted octanol–water partition coefficient (Wildman–Crippen LogP) is 3.26. The quantitative estimate of drug-likeness (QED) is 0.628. The molecular weight excluding hydrogens is 437 g/mol. The third kappa shape index (κ3) is 4.38. The first-order chi connectivity index (χ1) is 16.4. The van der Waals surface area contributed by atoms with Gasteiger partial charge in [0.15, 0.2) is 0 Å². The zero-order valence-corrected chi connectivity index (χ0v) is 19.1. The highest BCUT2D eigenvalue weighted by atomic mass is 19.1. The average molecular weight is 464 g/mol. The van der Waals surface area contributed by atoms with Gasteiger partial charge in [0.1, 0.15) is 11.9 Å². The van der Waals surface area contributed by atoms with E-state index < -0.39 is 18.0 Å². The zero-order valence-electron chi connectivity index (χ0n) is 19.1. The van der Waals surface area contributed by atoms with Gasteiger partial charge in [-0.3, -0.25) is 19.3 Å². The summed E-state index contributed by atoms with van der Waals surface area (Å²) in [6.07, 6.45) is -1.03. The van der Waals surface area contributed by atoms with Crippen molar-refractivity contribution in [3.8, 4) is 22.4 Å². The van der Waals surface area contributed by atoms with Crippen molar-refractivity contribution in [1.29, 1.82) is 0 Å². The number of fused-ring (bicyclic) bond motifs is 1. The van der Waals surface area contributed by atoms with E-state index in [1.165, 1.54) is 23.6 Å². The molecule has 0 saturated carbocycles. The maximum atomic E-state index is 15.0. The van der Waals surface area contributed by atoms with Gasteiger partial charge >= 0.3 is 6.09 Å². The molecule has 176 valence electrons. The highest BCUT2D eigenvalue weighted by Gasteiger charge is 2.32. The molecule has 34 heavy (non-hydrogen) atoms. The molecule has 2 aromatic carbocycles. The molecule has 3 aromatic rings. The molecule has 0 spiro atoms. The molecule has 1 saturated heterocycles. The second-order valence-electron chi connectivity index (χ2n) is 8.78. The molecule has 1 fully saturated rings. The van der Waals surface area contributed by atoms with Gasteiger partial charge in [-0.1, -0.05) is 24.3 Å². The molecule has 2 aliphatic heterocycles. The van der Waals surface area contributed by atoms with Gasteiger partial charge in [-0.05, 0) is 36.9 Å². The van der Waals surface area contributed by atoms with Crippen LogP contribution in [0.4, 0.5) is 14.9 Å². The number of hydrogen-bond acceptors (Lipinski definition) is 5. The predicted molar refractivity (Wildman–Crippen MR) is 126 cm³/mol. The molecule has 1 N–H and O–H groups in total. The summed E-state index contributed by atoms with van der Waals surface area (Å²) in [5.41, 5.74) is 4.69. The number of nitrogens with zero attached hydrogens (tertiary/aromatic N) is 4. The summed E-state index contributed by atoms with van der Waals surface area (Å²) in [4.78, 5) is 26.9. The van der Waals surface area contributed by atoms with Crippen LogP contribution < -0.4 is 10.2 Å². The number of rotatable bonds is 5. The summed E-state index contributed by atoms with van der Waals surface area (Å²) in [5, 5.41) is 7.34. The summed E-state index contributed by atoms with van der Waals surface area (Å²) in [5.74, 6) is -0.625. The maximum Gasteiger partial charge on any atom is 0.414 e. The van der Waals surface area contributed by atoms with Gasteiger partial charge in [0.2, 0.25) is 5.91 Å². The van der Waals surface area contributed by atoms with Crippen LogP contribution in [0.25, 0.3) is 22.4 Å². The number of amides is 2. The number of likely N-dealkylation sites (N-methyl/N-ethyl adjacent to an activating group) is 1. The number of carbonyl (C=O) groups excluding carboxylic acids is 2. The first-order valence-corrected chi connectivity index (χ1v) is 11.3. The Labute approximate surface area is 196 Å². The minimum Gasteiger partial charge on any atom is -0.442 e. The van der Waals surface area contributed by atoms with E-state index in [9.17, 15) is 9.59 Å². The molecule has 2 amide bonds. The van der Waals surface area contributed by atoms with Gasteiger partial charge < -0.3 is 10.1 Å². The average Bonchev–Trinajstić information content (AvgIpc) is 3.40. The van der Waals surface area contributed by atoms with Crippen molar-refractivity contribution >= 4 is 17.7 Å². The van der Waals surface area contributed by atoms with E-state index in [0.717, 1.165) is 36.5 Å². The lowest BCUT2D eigenvalue weighted by Gasteiger charge is -2.22. The van der Waals surface area contributed by atoms with E-state index in [1.54, 1.807) is 12.1 Å². The second kappa shape index (κ2) is 8.90. The summed E-state index contributed by atoms with van der Waals surface area (Å²) in [6, 6.07) is 14.5. The molecule has 8 nitrogen and oxygen atoms in total. The topological polar surface area (TPSA) is 79.7 Å². The molecule has 0 radical (unpaired) electrons. The monoisotopic (exact) mass is 463 g/mol. The summed E-state index contributed by atoms with van der Waals surface area (Å²) >= 11 is 0. The lowest BCUT2D eigenvalue weighted by atomic mass is 10.0. The zero-order chi connectivity index (χ0) is 23.8. The number of anilines is 1. The highest BCUT2D eigenvalue weighted by Crippen LogP contribution is 2.31. The van der Waals surface area contributed by atoms with E-state index in [4.69, 9.17) is 9.84 Å². The Balaban J connectivity index is 1.31. The Hall–Kier alpha value is -3.72. The fraction of sp³-hybridized carbons (Fsp3) is 0.320. The van der Waals surface area contributed by atoms with Crippen LogP contribution in [0, 0.1) is 5.82 Å². The third-order valence-electron chi connectivity index (χ3n) is 6.20. The second-order valence-corrected chi connectivity index (χ2v) is 8.78. The molecular formula is C25H26FN5O3. The first-order valence-electron chi connectivity index (χ1n) is 11.3. The van der Waals surface area contributed by atoms with Crippen LogP contribution >= 0.6 is 0 Å². The lowest BCUT2D eigenvalue weighted by molar-refractivity contribution is -0.119. The number of halogens is 1. The van der Waals surface area contributed by atoms with E-state index in [1.807, 2.05) is 28.9 Å². The van der Waals surface area contributed by atoms with Crippen molar-refractivity contribution in [1.82, 2.24) is 20.0 Å². The van der Waals surface area contributed by atoms with E-state index in [0.29, 0.717) is 11.3 Å². The minimum atomic E-state index is -0.555. The molecule has 9 heteroatoms. The van der Waals surface area contributed by atoms with Crippen LogP contribution in [0.1, 0.15) is 12.6 Å². The normalized spacial score (nSPS) is 18.0. The minimum absolute atomic E-state index is 0.198. The molecule has 1 aromatic heterocycles. The number of aromatic nitrogens is 2. The van der Waals surface area contributed by atoms with Crippen molar-refractivity contribution < 1.29 is 18.7 Å². The van der Waals surface area contributed by atoms with Crippen LogP contribution in [0.15, 0.2) is 48.5 Å². The van der Waals surface area contributed by atoms with Gasteiger partial charge in [-0.15, -0.1) is 0 Å². The Morgan fingerprint density at radius 2 is 1.91 bits per heavy atom. The van der Waals surface area contributed by atoms with Crippen LogP contribution in [0.2, 0.25) is 0 Å². The Kier molecular flexibility index (Phi) is 5.79. The van der Waals surface area contributed by atoms with Gasteiger partial charge in [0, 0.05) is 31.1 Å². The van der Waals surface area contributed by atoms with Gasteiger partial charge in [-0.25, -0.2) is 9.18 Å². The van der Waals surface area contributed by atoms with Crippen molar-refractivity contribution in [2.24, 2.45) is 0 Å². The Morgan fingerprint density at radius 1 is 1.15 bits per heavy atom. The first kappa shape index (κ1) is 22.1. The summed E-state index contributed by atoms with van der Waals surface area (Å²) in [6.45, 7) is 4.60. The molecule has 2 aliphatic rings. The lowest BCUT2D eigenvalue weighted by Crippen LogP contribution is -2.33. The van der Waals surface area contributed by atoms with E-state index >= 15 is 4.39 Å². The van der Waals surface area contributed by atoms with Crippen molar-refractivity contribution in [3.63, 3.8) is 0 Å². The van der Waals surface area contributed by atoms with Gasteiger partial charge in [0.25, 0.3) is 0 Å². The fourth-order valence-electron chi connectivity index (χ4n) is 4.36. The standard InChI is InChI=1S/C25H26FN5O3/c1-16(32)27-13-21-15-30(25(33)34-21)19-7-8-22(23(26)11-19)17-3-5-18(6-4-17)24-12-20-14-29(2)9-10-31(20)28-24/h3-8,11-12,21H,9-10,13-15H2,1-2H3,(H,27,32)/t21-/m0/s1. The summed E-state index contributed by atoms with van der Waals surface area (Å²) in [7, 11) is 2.10. The maximum absolute atomic E-state index is 15.0. The Bertz CT molecular complexity index is 1240. The highest BCUT2D eigenvalue weighted by molar-refractivity contribution is 5.90. The molecule has 5 rings (SSSR count). The number of benzene rings is 2. The number of cyclic esters (lactones) is 1. The molecule has 0 aliphatic carbocycles. The largest absolute Gasteiger partial charge is 0.442 e. The van der Waals surface area contributed by atoms with Crippen LogP contribution in [0.3, 0.4) is 0 Å². The van der Waals surface area contributed by atoms with Crippen molar-refractivity contribution in [2.45, 2.75) is 26.1 Å².